The van der Waals surface area contributed by atoms with Crippen LogP contribution in [0.5, 0.6) is 11.5 Å². The molecule has 8 heteroatoms. The number of fused-ring (bicyclic) bond motifs is 1. The van der Waals surface area contributed by atoms with E-state index in [2.05, 4.69) is 15.6 Å². The van der Waals surface area contributed by atoms with Gasteiger partial charge in [0.15, 0.2) is 23.1 Å². The van der Waals surface area contributed by atoms with E-state index >= 15 is 0 Å². The van der Waals surface area contributed by atoms with Crippen LogP contribution in [0.2, 0.25) is 0 Å². The number of benzene rings is 1. The smallest absolute Gasteiger partial charge is 0.279 e. The van der Waals surface area contributed by atoms with Gasteiger partial charge in [-0.3, -0.25) is 9.59 Å². The molecule has 0 saturated carbocycles. The van der Waals surface area contributed by atoms with Crippen molar-refractivity contribution >= 4 is 23.3 Å². The number of carbonyl (C=O) groups excluding carboxylic acids is 2. The molecule has 2 amide bonds. The van der Waals surface area contributed by atoms with Gasteiger partial charge in [0.2, 0.25) is 0 Å². The topological polar surface area (TPSA) is 89.6 Å². The van der Waals surface area contributed by atoms with E-state index in [1.165, 1.54) is 32.4 Å². The maximum atomic E-state index is 13.7. The summed E-state index contributed by atoms with van der Waals surface area (Å²) in [5.74, 6) is -1.48. The fraction of sp³-hybridized carbons (Fsp3) is 0.188. The Morgan fingerprint density at radius 2 is 2.21 bits per heavy atom. The molecule has 1 unspecified atom stereocenters. The number of halogens is 1. The van der Waals surface area contributed by atoms with Crippen molar-refractivity contribution in [2.24, 2.45) is 0 Å². The number of ether oxygens (including phenoxy) is 2. The highest BCUT2D eigenvalue weighted by Crippen LogP contribution is 2.32. The van der Waals surface area contributed by atoms with Crippen molar-refractivity contribution in [2.45, 2.75) is 12.5 Å². The third-order valence-corrected chi connectivity index (χ3v) is 3.59. The molecule has 0 saturated heterocycles. The summed E-state index contributed by atoms with van der Waals surface area (Å²) in [4.78, 5) is 28.7. The molecule has 2 N–H and O–H groups in total. The first-order chi connectivity index (χ1) is 11.4. The fourth-order valence-electron chi connectivity index (χ4n) is 2.20. The summed E-state index contributed by atoms with van der Waals surface area (Å²) in [6.45, 7) is 1.33. The van der Waals surface area contributed by atoms with Crippen LogP contribution in [0.1, 0.15) is 6.92 Å². The number of rotatable bonds is 3. The second kappa shape index (κ2) is 5.80. The lowest BCUT2D eigenvalue weighted by Crippen LogP contribution is -2.56. The minimum atomic E-state index is -1.81. The van der Waals surface area contributed by atoms with Gasteiger partial charge in [0, 0.05) is 18.0 Å². The van der Waals surface area contributed by atoms with Crippen LogP contribution in [-0.2, 0) is 9.59 Å². The van der Waals surface area contributed by atoms with Crippen LogP contribution in [0, 0.1) is 5.82 Å². The lowest BCUT2D eigenvalue weighted by molar-refractivity contribution is -0.143. The van der Waals surface area contributed by atoms with Crippen molar-refractivity contribution in [2.75, 3.05) is 17.7 Å². The average molecular weight is 331 g/mol. The summed E-state index contributed by atoms with van der Waals surface area (Å²) < 4.78 is 24.1. The second-order valence-electron chi connectivity index (χ2n) is 5.24. The molecule has 7 nitrogen and oxygen atoms in total. The van der Waals surface area contributed by atoms with Gasteiger partial charge in [-0.25, -0.2) is 9.37 Å². The van der Waals surface area contributed by atoms with E-state index in [9.17, 15) is 14.0 Å². The molecule has 124 valence electrons. The van der Waals surface area contributed by atoms with Gasteiger partial charge in [0.1, 0.15) is 0 Å². The first kappa shape index (κ1) is 15.7. The monoisotopic (exact) mass is 331 g/mol. The van der Waals surface area contributed by atoms with E-state index in [1.54, 1.807) is 12.1 Å². The van der Waals surface area contributed by atoms with Crippen LogP contribution in [0.15, 0.2) is 36.5 Å². The largest absolute Gasteiger partial charge is 0.494 e. The Morgan fingerprint density at radius 1 is 1.42 bits per heavy atom. The van der Waals surface area contributed by atoms with Crippen molar-refractivity contribution in [3.8, 4) is 11.5 Å². The summed E-state index contributed by atoms with van der Waals surface area (Å²) in [7, 11) is 1.34. The molecule has 24 heavy (non-hydrogen) atoms. The van der Waals surface area contributed by atoms with Crippen LogP contribution in [0.3, 0.4) is 0 Å². The average Bonchev–Trinajstić information content (AvgIpc) is 2.56. The molecule has 3 rings (SSSR count). The predicted octanol–water partition coefficient (Wildman–Crippen LogP) is 1.96. The van der Waals surface area contributed by atoms with E-state index in [4.69, 9.17) is 9.47 Å². The molecule has 0 spiro atoms. The Hall–Kier alpha value is -3.16. The normalized spacial score (nSPS) is 18.9. The lowest BCUT2D eigenvalue weighted by Gasteiger charge is -2.32. The fourth-order valence-corrected chi connectivity index (χ4v) is 2.20. The van der Waals surface area contributed by atoms with E-state index in [-0.39, 0.29) is 23.0 Å². The molecule has 1 aromatic heterocycles. The Kier molecular flexibility index (Phi) is 3.80. The molecule has 0 bridgehead atoms. The number of nitrogens with one attached hydrogen (secondary N) is 2. The van der Waals surface area contributed by atoms with Gasteiger partial charge in [0.05, 0.1) is 7.11 Å². The SMILES string of the molecule is COc1ccc(NC(=O)C2(C)Oc3cccnc3NC2=O)cc1F. The standard InChI is InChI=1S/C16H14FN3O4/c1-16(15(22)20-13-12(24-16)4-3-7-18-13)14(21)19-9-5-6-11(23-2)10(17)8-9/h3-8H,1-2H3,(H,19,21)(H,18,20,22). The Labute approximate surface area is 136 Å². The number of nitrogens with zero attached hydrogens (tertiary/aromatic N) is 1. The third-order valence-electron chi connectivity index (χ3n) is 3.59. The predicted molar refractivity (Wildman–Crippen MR) is 83.5 cm³/mol. The molecule has 0 radical (unpaired) electrons. The molecular weight excluding hydrogens is 317 g/mol. The molecule has 2 heterocycles. The minimum Gasteiger partial charge on any atom is -0.494 e. The summed E-state index contributed by atoms with van der Waals surface area (Å²) in [6, 6.07) is 7.12. The van der Waals surface area contributed by atoms with Crippen molar-refractivity contribution in [1.29, 1.82) is 0 Å². The van der Waals surface area contributed by atoms with Gasteiger partial charge in [0.25, 0.3) is 17.4 Å². The second-order valence-corrected chi connectivity index (χ2v) is 5.24. The zero-order valence-electron chi connectivity index (χ0n) is 12.9. The number of carbonyl (C=O) groups is 2. The van der Waals surface area contributed by atoms with Crippen molar-refractivity contribution < 1.29 is 23.5 Å². The molecule has 1 atom stereocenters. The Bertz CT molecular complexity index is 827. The van der Waals surface area contributed by atoms with Crippen molar-refractivity contribution in [3.63, 3.8) is 0 Å². The van der Waals surface area contributed by atoms with Crippen molar-refractivity contribution in [3.05, 3.63) is 42.3 Å². The molecular formula is C16H14FN3O4. The first-order valence-electron chi connectivity index (χ1n) is 7.04. The summed E-state index contributed by atoms with van der Waals surface area (Å²) >= 11 is 0. The first-order valence-corrected chi connectivity index (χ1v) is 7.04. The molecule has 1 aliphatic heterocycles. The number of anilines is 2. The van der Waals surface area contributed by atoms with Gasteiger partial charge in [-0.1, -0.05) is 0 Å². The van der Waals surface area contributed by atoms with E-state index in [1.807, 2.05) is 0 Å². The van der Waals surface area contributed by atoms with Crippen LogP contribution in [-0.4, -0.2) is 29.5 Å². The molecule has 2 aromatic rings. The van der Waals surface area contributed by atoms with Gasteiger partial charge < -0.3 is 20.1 Å². The maximum absolute atomic E-state index is 13.7. The van der Waals surface area contributed by atoms with Crippen LogP contribution in [0.4, 0.5) is 15.9 Å². The number of pyridine rings is 1. The van der Waals surface area contributed by atoms with Gasteiger partial charge in [-0.05, 0) is 31.2 Å². The number of methoxy groups -OCH3 is 1. The Balaban J connectivity index is 1.84. The minimum absolute atomic E-state index is 0.0471. The summed E-state index contributed by atoms with van der Waals surface area (Å²) in [5, 5.41) is 4.98. The van der Waals surface area contributed by atoms with Crippen LogP contribution >= 0.6 is 0 Å². The number of hydrogen-bond acceptors (Lipinski definition) is 5. The summed E-state index contributed by atoms with van der Waals surface area (Å²) in [5.41, 5.74) is -1.64. The molecule has 1 aromatic carbocycles. The number of aromatic nitrogens is 1. The number of amides is 2. The molecule has 0 aliphatic carbocycles. The highest BCUT2D eigenvalue weighted by atomic mass is 19.1. The third kappa shape index (κ3) is 2.62. The van der Waals surface area contributed by atoms with Crippen LogP contribution in [0.25, 0.3) is 0 Å². The van der Waals surface area contributed by atoms with E-state index in [0.717, 1.165) is 6.07 Å². The maximum Gasteiger partial charge on any atom is 0.279 e. The molecule has 0 fully saturated rings. The van der Waals surface area contributed by atoms with Gasteiger partial charge in [-0.2, -0.15) is 0 Å². The lowest BCUT2D eigenvalue weighted by atomic mass is 10.0. The van der Waals surface area contributed by atoms with Crippen molar-refractivity contribution in [1.82, 2.24) is 4.98 Å². The van der Waals surface area contributed by atoms with Crippen LogP contribution < -0.4 is 20.1 Å². The zero-order valence-corrected chi connectivity index (χ0v) is 12.9. The van der Waals surface area contributed by atoms with E-state index in [0.29, 0.717) is 0 Å². The zero-order chi connectivity index (χ0) is 17.3. The van der Waals surface area contributed by atoms with E-state index < -0.39 is 23.2 Å². The Morgan fingerprint density at radius 3 is 2.92 bits per heavy atom. The van der Waals surface area contributed by atoms with Gasteiger partial charge in [-0.15, -0.1) is 0 Å². The quantitative estimate of drug-likeness (QED) is 0.839. The van der Waals surface area contributed by atoms with Gasteiger partial charge >= 0.3 is 0 Å². The molecule has 1 aliphatic rings. The highest BCUT2D eigenvalue weighted by Gasteiger charge is 2.47. The summed E-state index contributed by atoms with van der Waals surface area (Å²) in [6.07, 6.45) is 1.49. The number of hydrogen-bond donors (Lipinski definition) is 2. The highest BCUT2D eigenvalue weighted by molar-refractivity contribution is 6.18.